The molecule has 7 heteroatoms. The molecule has 2 heterocycles. The van der Waals surface area contributed by atoms with Crippen LogP contribution in [0.2, 0.25) is 0 Å². The highest BCUT2D eigenvalue weighted by molar-refractivity contribution is 5.84. The number of nitrogens with zero attached hydrogens (tertiary/aromatic N) is 2. The van der Waals surface area contributed by atoms with Crippen LogP contribution in [0.25, 0.3) is 0 Å². The zero-order valence-electron chi connectivity index (χ0n) is 16.1. The number of aliphatic imine (C=N–C) groups is 1. The Balaban J connectivity index is 1.65. The van der Waals surface area contributed by atoms with Gasteiger partial charge in [-0.3, -0.25) is 4.79 Å². The Morgan fingerprint density at radius 3 is 2.96 bits per heavy atom. The molecule has 2 rings (SSSR count). The van der Waals surface area contributed by atoms with E-state index in [1.165, 1.54) is 25.8 Å². The Morgan fingerprint density at radius 2 is 2.23 bits per heavy atom. The molecule has 26 heavy (non-hydrogen) atoms. The summed E-state index contributed by atoms with van der Waals surface area (Å²) in [4.78, 5) is 18.8. The molecule has 0 radical (unpaired) electrons. The van der Waals surface area contributed by atoms with E-state index in [9.17, 15) is 4.79 Å². The zero-order chi connectivity index (χ0) is 18.6. The average Bonchev–Trinajstić information content (AvgIpc) is 3.16. The predicted molar refractivity (Wildman–Crippen MR) is 104 cm³/mol. The minimum Gasteiger partial charge on any atom is -0.467 e. The van der Waals surface area contributed by atoms with Gasteiger partial charge in [-0.25, -0.2) is 4.99 Å². The van der Waals surface area contributed by atoms with E-state index in [1.807, 2.05) is 13.0 Å². The summed E-state index contributed by atoms with van der Waals surface area (Å²) in [6, 6.07) is 4.33. The second-order valence-corrected chi connectivity index (χ2v) is 6.71. The van der Waals surface area contributed by atoms with Gasteiger partial charge in [-0.15, -0.1) is 0 Å². The van der Waals surface area contributed by atoms with Crippen LogP contribution in [-0.2, 0) is 11.3 Å². The molecule has 1 atom stereocenters. The fourth-order valence-corrected chi connectivity index (χ4v) is 3.13. The van der Waals surface area contributed by atoms with Crippen LogP contribution in [0.5, 0.6) is 0 Å². The molecular formula is C19H33N5O2. The highest BCUT2D eigenvalue weighted by atomic mass is 16.3. The molecule has 1 unspecified atom stereocenters. The second kappa shape index (κ2) is 11.6. The van der Waals surface area contributed by atoms with E-state index in [1.54, 1.807) is 12.3 Å². The molecular weight excluding hydrogens is 330 g/mol. The molecule has 0 aromatic carbocycles. The third kappa shape index (κ3) is 7.47. The van der Waals surface area contributed by atoms with Crippen LogP contribution in [-0.4, -0.2) is 55.5 Å². The van der Waals surface area contributed by atoms with Gasteiger partial charge < -0.3 is 25.3 Å². The minimum absolute atomic E-state index is 0.0964. The lowest BCUT2D eigenvalue weighted by atomic mass is 10.0. The molecule has 7 nitrogen and oxygen atoms in total. The van der Waals surface area contributed by atoms with Crippen molar-refractivity contribution < 1.29 is 9.21 Å². The van der Waals surface area contributed by atoms with Crippen LogP contribution >= 0.6 is 0 Å². The molecule has 0 aliphatic carbocycles. The summed E-state index contributed by atoms with van der Waals surface area (Å²) in [5.74, 6) is 1.30. The average molecular weight is 364 g/mol. The maximum Gasteiger partial charge on any atom is 0.242 e. The number of nitrogens with one attached hydrogen (secondary N) is 3. The number of hydrogen-bond donors (Lipinski definition) is 3. The Kier molecular flexibility index (Phi) is 9.03. The molecule has 1 aliphatic heterocycles. The highest BCUT2D eigenvalue weighted by Gasteiger charge is 2.17. The van der Waals surface area contributed by atoms with Crippen molar-refractivity contribution in [3.63, 3.8) is 0 Å². The van der Waals surface area contributed by atoms with Crippen molar-refractivity contribution in [3.8, 4) is 0 Å². The minimum atomic E-state index is -0.124. The van der Waals surface area contributed by atoms with Gasteiger partial charge in [0.1, 0.15) is 12.3 Å². The number of amides is 1. The van der Waals surface area contributed by atoms with E-state index in [0.29, 0.717) is 18.5 Å². The van der Waals surface area contributed by atoms with E-state index < -0.39 is 0 Å². The summed E-state index contributed by atoms with van der Waals surface area (Å²) < 4.78 is 5.19. The first-order chi connectivity index (χ1) is 12.7. The molecule has 0 spiro atoms. The van der Waals surface area contributed by atoms with E-state index in [4.69, 9.17) is 4.42 Å². The molecule has 1 aliphatic rings. The first-order valence-electron chi connectivity index (χ1n) is 9.74. The van der Waals surface area contributed by atoms with Crippen molar-refractivity contribution >= 4 is 11.9 Å². The third-order valence-electron chi connectivity index (χ3n) is 4.62. The van der Waals surface area contributed by atoms with E-state index in [-0.39, 0.29) is 12.5 Å². The number of carbonyl (C=O) groups excluding carboxylic acids is 1. The SMILES string of the molecule is CCNC(=NCC(=O)NCc1ccco1)NCCCN1CCCCC1C. The van der Waals surface area contributed by atoms with Gasteiger partial charge in [-0.1, -0.05) is 6.42 Å². The molecule has 1 aromatic heterocycles. The molecule has 1 aromatic rings. The first-order valence-corrected chi connectivity index (χ1v) is 9.74. The smallest absolute Gasteiger partial charge is 0.242 e. The standard InChI is InChI=1S/C19H33N5O2/c1-3-20-19(21-10-7-12-24-11-5-4-8-16(24)2)23-15-18(25)22-14-17-9-6-13-26-17/h6,9,13,16H,3-5,7-8,10-12,14-15H2,1-2H3,(H,22,25)(H2,20,21,23). The van der Waals surface area contributed by atoms with Crippen LogP contribution in [0.1, 0.15) is 45.3 Å². The van der Waals surface area contributed by atoms with Crippen molar-refractivity contribution in [1.29, 1.82) is 0 Å². The molecule has 1 fully saturated rings. The topological polar surface area (TPSA) is 81.9 Å². The first kappa shape index (κ1) is 20.3. The lowest BCUT2D eigenvalue weighted by Gasteiger charge is -2.33. The van der Waals surface area contributed by atoms with E-state index in [0.717, 1.165) is 31.8 Å². The Hall–Kier alpha value is -2.02. The van der Waals surface area contributed by atoms with Gasteiger partial charge in [0.05, 0.1) is 12.8 Å². The van der Waals surface area contributed by atoms with Crippen LogP contribution in [0, 0.1) is 0 Å². The number of piperidine rings is 1. The normalized spacial score (nSPS) is 18.5. The maximum atomic E-state index is 11.9. The van der Waals surface area contributed by atoms with Crippen LogP contribution in [0.4, 0.5) is 0 Å². The van der Waals surface area contributed by atoms with Crippen LogP contribution < -0.4 is 16.0 Å². The monoisotopic (exact) mass is 363 g/mol. The molecule has 1 saturated heterocycles. The van der Waals surface area contributed by atoms with Crippen LogP contribution in [0.3, 0.4) is 0 Å². The third-order valence-corrected chi connectivity index (χ3v) is 4.62. The number of carbonyl (C=O) groups is 1. The number of guanidine groups is 1. The zero-order valence-corrected chi connectivity index (χ0v) is 16.1. The molecule has 0 bridgehead atoms. The number of rotatable bonds is 9. The summed E-state index contributed by atoms with van der Waals surface area (Å²) >= 11 is 0. The van der Waals surface area contributed by atoms with Crippen molar-refractivity contribution in [2.75, 3.05) is 32.7 Å². The number of furan rings is 1. The summed E-state index contributed by atoms with van der Waals surface area (Å²) in [6.07, 6.45) is 6.64. The van der Waals surface area contributed by atoms with Gasteiger partial charge in [0.15, 0.2) is 5.96 Å². The number of likely N-dealkylation sites (tertiary alicyclic amines) is 1. The second-order valence-electron chi connectivity index (χ2n) is 6.71. The van der Waals surface area contributed by atoms with Gasteiger partial charge in [0.25, 0.3) is 0 Å². The van der Waals surface area contributed by atoms with Crippen molar-refractivity contribution in [3.05, 3.63) is 24.2 Å². The van der Waals surface area contributed by atoms with Gasteiger partial charge in [0.2, 0.25) is 5.91 Å². The lowest BCUT2D eigenvalue weighted by molar-refractivity contribution is -0.119. The van der Waals surface area contributed by atoms with Crippen molar-refractivity contribution in [2.24, 2.45) is 4.99 Å². The largest absolute Gasteiger partial charge is 0.467 e. The fourth-order valence-electron chi connectivity index (χ4n) is 3.13. The summed E-state index contributed by atoms with van der Waals surface area (Å²) in [6.45, 7) is 8.76. The summed E-state index contributed by atoms with van der Waals surface area (Å²) in [7, 11) is 0. The Labute approximate surface area is 156 Å². The van der Waals surface area contributed by atoms with E-state index in [2.05, 4.69) is 32.8 Å². The fraction of sp³-hybridized carbons (Fsp3) is 0.684. The molecule has 1 amide bonds. The van der Waals surface area contributed by atoms with Crippen molar-refractivity contribution in [1.82, 2.24) is 20.9 Å². The summed E-state index contributed by atoms with van der Waals surface area (Å²) in [5.41, 5.74) is 0. The van der Waals surface area contributed by atoms with Gasteiger partial charge >= 0.3 is 0 Å². The summed E-state index contributed by atoms with van der Waals surface area (Å²) in [5, 5.41) is 9.29. The van der Waals surface area contributed by atoms with Gasteiger partial charge in [-0.2, -0.15) is 0 Å². The predicted octanol–water partition coefficient (Wildman–Crippen LogP) is 1.72. The molecule has 0 saturated carbocycles. The maximum absolute atomic E-state index is 11.9. The van der Waals surface area contributed by atoms with Crippen molar-refractivity contribution in [2.45, 2.75) is 52.1 Å². The molecule has 3 N–H and O–H groups in total. The molecule has 146 valence electrons. The quantitative estimate of drug-likeness (QED) is 0.354. The lowest BCUT2D eigenvalue weighted by Crippen LogP contribution is -2.41. The van der Waals surface area contributed by atoms with E-state index >= 15 is 0 Å². The van der Waals surface area contributed by atoms with Gasteiger partial charge in [-0.05, 0) is 51.8 Å². The Bertz CT molecular complexity index is 544. The number of hydrogen-bond acceptors (Lipinski definition) is 4. The van der Waals surface area contributed by atoms with Gasteiger partial charge in [0, 0.05) is 25.7 Å². The highest BCUT2D eigenvalue weighted by Crippen LogP contribution is 2.15. The van der Waals surface area contributed by atoms with Crippen LogP contribution in [0.15, 0.2) is 27.8 Å². The Morgan fingerprint density at radius 1 is 1.35 bits per heavy atom.